The predicted molar refractivity (Wildman–Crippen MR) is 91.5 cm³/mol. The van der Waals surface area contributed by atoms with Gasteiger partial charge in [-0.05, 0) is 29.8 Å². The van der Waals surface area contributed by atoms with E-state index in [9.17, 15) is 9.90 Å². The van der Waals surface area contributed by atoms with Crippen LogP contribution in [0.4, 0.5) is 0 Å². The molecule has 4 rings (SSSR count). The molecule has 1 N–H and O–H groups in total. The summed E-state index contributed by atoms with van der Waals surface area (Å²) in [5.74, 6) is 0.845. The lowest BCUT2D eigenvalue weighted by molar-refractivity contribution is 0.0663. The van der Waals surface area contributed by atoms with Crippen molar-refractivity contribution < 1.29 is 19.1 Å². The van der Waals surface area contributed by atoms with Crippen molar-refractivity contribution >= 4 is 5.91 Å². The molecule has 1 atom stereocenters. The van der Waals surface area contributed by atoms with Crippen LogP contribution in [0.5, 0.6) is 5.75 Å². The third-order valence-electron chi connectivity index (χ3n) is 4.80. The molecule has 0 radical (unpaired) electrons. The summed E-state index contributed by atoms with van der Waals surface area (Å²) < 4.78 is 10.6. The summed E-state index contributed by atoms with van der Waals surface area (Å²) in [5.41, 5.74) is 2.83. The quantitative estimate of drug-likeness (QED) is 0.916. The first-order valence-corrected chi connectivity index (χ1v) is 8.65. The van der Waals surface area contributed by atoms with E-state index in [0.29, 0.717) is 38.3 Å². The number of carbonyl (C=O) groups is 1. The number of hydrogen-bond acceptors (Lipinski definition) is 5. The normalized spacial score (nSPS) is 20.8. The van der Waals surface area contributed by atoms with Crippen LogP contribution in [0, 0.1) is 0 Å². The number of rotatable bonds is 3. The van der Waals surface area contributed by atoms with E-state index in [2.05, 4.69) is 4.90 Å². The fraction of sp³-hybridized carbons (Fsp3) is 0.421. The highest BCUT2D eigenvalue weighted by Gasteiger charge is 2.26. The fourth-order valence-corrected chi connectivity index (χ4v) is 3.53. The van der Waals surface area contributed by atoms with Crippen molar-refractivity contribution in [3.63, 3.8) is 0 Å². The van der Waals surface area contributed by atoms with Crippen molar-refractivity contribution in [1.29, 1.82) is 0 Å². The number of amides is 1. The van der Waals surface area contributed by atoms with Crippen LogP contribution in [-0.4, -0.2) is 59.7 Å². The summed E-state index contributed by atoms with van der Waals surface area (Å²) in [7, 11) is 0. The molecule has 25 heavy (non-hydrogen) atoms. The molecule has 3 heterocycles. The molecule has 0 bridgehead atoms. The lowest BCUT2D eigenvalue weighted by Gasteiger charge is -2.22. The molecule has 6 heteroatoms. The Bertz CT molecular complexity index is 744. The van der Waals surface area contributed by atoms with Gasteiger partial charge in [0.2, 0.25) is 0 Å². The number of benzene rings is 1. The number of fused-ring (bicyclic) bond motifs is 1. The van der Waals surface area contributed by atoms with Crippen molar-refractivity contribution in [2.75, 3.05) is 32.8 Å². The zero-order valence-electron chi connectivity index (χ0n) is 14.1. The molecular formula is C19H22N2O4. The van der Waals surface area contributed by atoms with Gasteiger partial charge in [-0.15, -0.1) is 0 Å². The number of aliphatic hydroxyl groups excluding tert-OH is 1. The molecule has 1 amide bonds. The second kappa shape index (κ2) is 6.90. The van der Waals surface area contributed by atoms with Crippen LogP contribution in [0.1, 0.15) is 21.5 Å². The lowest BCUT2D eigenvalue weighted by Crippen LogP contribution is -2.37. The minimum atomic E-state index is -0.559. The van der Waals surface area contributed by atoms with Gasteiger partial charge < -0.3 is 19.2 Å². The minimum Gasteiger partial charge on any atom is -0.493 e. The van der Waals surface area contributed by atoms with Gasteiger partial charge in [0, 0.05) is 50.3 Å². The molecule has 132 valence electrons. The lowest BCUT2D eigenvalue weighted by atomic mass is 10.1. The number of hydrogen-bond donors (Lipinski definition) is 1. The molecule has 6 nitrogen and oxygen atoms in total. The Morgan fingerprint density at radius 1 is 1.24 bits per heavy atom. The molecule has 2 aliphatic heterocycles. The van der Waals surface area contributed by atoms with E-state index < -0.39 is 6.10 Å². The zero-order valence-corrected chi connectivity index (χ0v) is 14.1. The maximum Gasteiger partial charge on any atom is 0.254 e. The van der Waals surface area contributed by atoms with E-state index in [0.717, 1.165) is 29.8 Å². The van der Waals surface area contributed by atoms with Gasteiger partial charge in [-0.3, -0.25) is 9.69 Å². The van der Waals surface area contributed by atoms with Crippen molar-refractivity contribution in [1.82, 2.24) is 9.80 Å². The van der Waals surface area contributed by atoms with E-state index in [1.54, 1.807) is 17.4 Å². The zero-order chi connectivity index (χ0) is 17.2. The molecule has 0 saturated carbocycles. The van der Waals surface area contributed by atoms with Crippen LogP contribution >= 0.6 is 0 Å². The first-order valence-electron chi connectivity index (χ1n) is 8.65. The molecule has 1 aromatic carbocycles. The summed E-state index contributed by atoms with van der Waals surface area (Å²) in [6, 6.07) is 7.53. The van der Waals surface area contributed by atoms with Crippen LogP contribution in [-0.2, 0) is 13.0 Å². The third kappa shape index (κ3) is 3.55. The summed E-state index contributed by atoms with van der Waals surface area (Å²) in [6.45, 7) is 3.62. The van der Waals surface area contributed by atoms with Crippen LogP contribution in [0.25, 0.3) is 0 Å². The van der Waals surface area contributed by atoms with Crippen molar-refractivity contribution in [3.8, 4) is 5.75 Å². The van der Waals surface area contributed by atoms with Gasteiger partial charge in [0.1, 0.15) is 5.75 Å². The van der Waals surface area contributed by atoms with Crippen LogP contribution in [0.2, 0.25) is 0 Å². The SMILES string of the molecule is O=C(c1ccc2c(c1)CCO2)N1CCN(Cc2ccoc2)C[C@H](O)C1. The maximum atomic E-state index is 12.9. The molecule has 1 fully saturated rings. The number of aliphatic hydroxyl groups is 1. The summed E-state index contributed by atoms with van der Waals surface area (Å²) in [6.07, 6.45) is 3.65. The molecule has 1 aromatic heterocycles. The number of carbonyl (C=O) groups excluding carboxylic acids is 1. The summed E-state index contributed by atoms with van der Waals surface area (Å²) in [5, 5.41) is 10.3. The Morgan fingerprint density at radius 3 is 3.00 bits per heavy atom. The molecule has 0 spiro atoms. The average Bonchev–Trinajstić information content (AvgIpc) is 3.24. The number of nitrogens with zero attached hydrogens (tertiary/aromatic N) is 2. The third-order valence-corrected chi connectivity index (χ3v) is 4.80. The largest absolute Gasteiger partial charge is 0.493 e. The van der Waals surface area contributed by atoms with Crippen molar-refractivity contribution in [2.45, 2.75) is 19.1 Å². The van der Waals surface area contributed by atoms with Gasteiger partial charge in [-0.2, -0.15) is 0 Å². The summed E-state index contributed by atoms with van der Waals surface area (Å²) >= 11 is 0. The van der Waals surface area contributed by atoms with Crippen molar-refractivity contribution in [2.24, 2.45) is 0 Å². The second-order valence-corrected chi connectivity index (χ2v) is 6.69. The highest BCUT2D eigenvalue weighted by atomic mass is 16.5. The Labute approximate surface area is 146 Å². The molecule has 2 aliphatic rings. The smallest absolute Gasteiger partial charge is 0.254 e. The van der Waals surface area contributed by atoms with Crippen LogP contribution in [0.3, 0.4) is 0 Å². The van der Waals surface area contributed by atoms with Gasteiger partial charge in [0.05, 0.1) is 25.2 Å². The average molecular weight is 342 g/mol. The van der Waals surface area contributed by atoms with Gasteiger partial charge in [-0.1, -0.05) is 0 Å². The molecular weight excluding hydrogens is 320 g/mol. The van der Waals surface area contributed by atoms with Crippen molar-refractivity contribution in [3.05, 3.63) is 53.5 Å². The standard InChI is InChI=1S/C19H22N2O4/c22-17-11-20(10-14-3-7-24-13-14)5-6-21(12-17)19(23)16-1-2-18-15(9-16)4-8-25-18/h1-3,7,9,13,17,22H,4-6,8,10-12H2/t17-/m0/s1. The van der Waals surface area contributed by atoms with Crippen LogP contribution in [0.15, 0.2) is 41.2 Å². The van der Waals surface area contributed by atoms with Crippen LogP contribution < -0.4 is 4.74 Å². The summed E-state index contributed by atoms with van der Waals surface area (Å²) in [4.78, 5) is 16.8. The molecule has 0 aliphatic carbocycles. The number of furan rings is 1. The minimum absolute atomic E-state index is 0.0288. The maximum absolute atomic E-state index is 12.9. The molecule has 1 saturated heterocycles. The van der Waals surface area contributed by atoms with Gasteiger partial charge >= 0.3 is 0 Å². The van der Waals surface area contributed by atoms with Gasteiger partial charge in [0.15, 0.2) is 0 Å². The first kappa shape index (κ1) is 16.2. The fourth-order valence-electron chi connectivity index (χ4n) is 3.53. The van der Waals surface area contributed by atoms with E-state index in [4.69, 9.17) is 9.15 Å². The molecule has 2 aromatic rings. The Hall–Kier alpha value is -2.31. The van der Waals surface area contributed by atoms with Gasteiger partial charge in [-0.25, -0.2) is 0 Å². The number of β-amino-alcohol motifs (C(OH)–C–C–N with tert-alkyl or cyclic N) is 1. The van der Waals surface area contributed by atoms with E-state index >= 15 is 0 Å². The highest BCUT2D eigenvalue weighted by Crippen LogP contribution is 2.26. The van der Waals surface area contributed by atoms with E-state index in [-0.39, 0.29) is 5.91 Å². The Morgan fingerprint density at radius 2 is 2.16 bits per heavy atom. The number of ether oxygens (including phenoxy) is 1. The predicted octanol–water partition coefficient (Wildman–Crippen LogP) is 1.53. The second-order valence-electron chi connectivity index (χ2n) is 6.69. The van der Waals surface area contributed by atoms with E-state index in [1.165, 1.54) is 0 Å². The topological polar surface area (TPSA) is 66.2 Å². The Kier molecular flexibility index (Phi) is 4.46. The highest BCUT2D eigenvalue weighted by molar-refractivity contribution is 5.94. The molecule has 0 unspecified atom stereocenters. The first-order chi connectivity index (χ1) is 12.2. The monoisotopic (exact) mass is 342 g/mol. The van der Waals surface area contributed by atoms with Gasteiger partial charge in [0.25, 0.3) is 5.91 Å². The van der Waals surface area contributed by atoms with E-state index in [1.807, 2.05) is 24.3 Å². The Balaban J connectivity index is 1.44.